The van der Waals surface area contributed by atoms with Crippen molar-refractivity contribution in [2.45, 2.75) is 124 Å². The van der Waals surface area contributed by atoms with Gasteiger partial charge in [-0.05, 0) is 81.0 Å². The van der Waals surface area contributed by atoms with E-state index in [9.17, 15) is 4.79 Å². The van der Waals surface area contributed by atoms with Gasteiger partial charge in [0, 0.05) is 6.42 Å². The summed E-state index contributed by atoms with van der Waals surface area (Å²) in [4.78, 5) is 11.5. The van der Waals surface area contributed by atoms with Crippen LogP contribution in [0.1, 0.15) is 124 Å². The molecule has 1 nitrogen and oxygen atoms in total. The Kier molecular flexibility index (Phi) is 9.18. The number of ketones is 1. The highest BCUT2D eigenvalue weighted by Gasteiger charge is 2.50. The molecule has 0 saturated heterocycles. The monoisotopic (exact) mass is 362 g/mol. The lowest BCUT2D eigenvalue weighted by molar-refractivity contribution is -0.117. The van der Waals surface area contributed by atoms with Gasteiger partial charge in [-0.2, -0.15) is 0 Å². The Morgan fingerprint density at radius 3 is 2.27 bits per heavy atom. The Balaban J connectivity index is 1.96. The highest BCUT2D eigenvalue weighted by Crippen LogP contribution is 2.60. The molecule has 2 saturated carbocycles. The van der Waals surface area contributed by atoms with Crippen LogP contribution in [-0.2, 0) is 4.79 Å². The minimum absolute atomic E-state index is 0.384. The van der Waals surface area contributed by atoms with Gasteiger partial charge in [-0.3, -0.25) is 0 Å². The average molecular weight is 363 g/mol. The maximum atomic E-state index is 11.5. The largest absolute Gasteiger partial charge is 0.300 e. The van der Waals surface area contributed by atoms with E-state index in [2.05, 4.69) is 20.8 Å². The summed E-state index contributed by atoms with van der Waals surface area (Å²) < 4.78 is 0. The first kappa shape index (κ1) is 22.0. The normalized spacial score (nSPS) is 28.6. The molecule has 2 aliphatic rings. The molecule has 0 N–H and O–H groups in total. The molecule has 0 spiro atoms. The minimum Gasteiger partial charge on any atom is -0.300 e. The van der Waals surface area contributed by atoms with E-state index in [1.54, 1.807) is 6.92 Å². The first-order valence-corrected chi connectivity index (χ1v) is 11.9. The van der Waals surface area contributed by atoms with Crippen LogP contribution in [0.25, 0.3) is 0 Å². The molecule has 0 aromatic rings. The van der Waals surface area contributed by atoms with Crippen molar-refractivity contribution in [1.29, 1.82) is 0 Å². The van der Waals surface area contributed by atoms with Crippen LogP contribution in [0.2, 0.25) is 0 Å². The number of carbonyl (C=O) groups is 1. The van der Waals surface area contributed by atoms with E-state index in [1.807, 2.05) is 0 Å². The molecule has 0 amide bonds. The van der Waals surface area contributed by atoms with E-state index in [1.165, 1.54) is 83.5 Å². The molecular formula is C25H46O. The Hall–Kier alpha value is -0.330. The summed E-state index contributed by atoms with van der Waals surface area (Å²) in [6.07, 6.45) is 20.7. The molecule has 152 valence electrons. The average Bonchev–Trinajstić information content (AvgIpc) is 2.56. The SMILES string of the molecule is CC(=O)CCCC(CCC(C)CCC(C)C)C12CCCCCCC1CC2. The summed E-state index contributed by atoms with van der Waals surface area (Å²) in [5.74, 6) is 3.99. The summed E-state index contributed by atoms with van der Waals surface area (Å²) in [6.45, 7) is 8.94. The van der Waals surface area contributed by atoms with Gasteiger partial charge in [-0.1, -0.05) is 65.7 Å². The fourth-order valence-corrected chi connectivity index (χ4v) is 5.98. The number of fused-ring (bicyclic) bond motifs is 1. The maximum absolute atomic E-state index is 11.5. The number of Topliss-reactive ketones (excluding diaryl/α,β-unsaturated/α-hetero) is 1. The molecule has 2 aliphatic carbocycles. The van der Waals surface area contributed by atoms with Crippen molar-refractivity contribution < 1.29 is 4.79 Å². The number of rotatable bonds is 11. The first-order valence-electron chi connectivity index (χ1n) is 11.9. The molecule has 0 heterocycles. The topological polar surface area (TPSA) is 17.1 Å². The fraction of sp³-hybridized carbons (Fsp3) is 0.960. The molecule has 0 bridgehead atoms. The minimum atomic E-state index is 0.384. The molecule has 0 radical (unpaired) electrons. The second kappa shape index (κ2) is 10.9. The van der Waals surface area contributed by atoms with Gasteiger partial charge in [0.05, 0.1) is 0 Å². The Bertz CT molecular complexity index is 412. The van der Waals surface area contributed by atoms with Gasteiger partial charge in [0.2, 0.25) is 0 Å². The Morgan fingerprint density at radius 2 is 1.62 bits per heavy atom. The quantitative estimate of drug-likeness (QED) is 0.364. The number of hydrogen-bond donors (Lipinski definition) is 0. The van der Waals surface area contributed by atoms with Crippen LogP contribution in [0, 0.1) is 29.1 Å². The van der Waals surface area contributed by atoms with Gasteiger partial charge in [0.1, 0.15) is 5.78 Å². The predicted octanol–water partition coefficient (Wildman–Crippen LogP) is 7.97. The lowest BCUT2D eigenvalue weighted by Crippen LogP contribution is -2.47. The van der Waals surface area contributed by atoms with Crippen molar-refractivity contribution in [3.05, 3.63) is 0 Å². The van der Waals surface area contributed by atoms with Crippen LogP contribution in [-0.4, -0.2) is 5.78 Å². The Labute approximate surface area is 164 Å². The van der Waals surface area contributed by atoms with Crippen molar-refractivity contribution in [2.75, 3.05) is 0 Å². The molecule has 0 aromatic heterocycles. The van der Waals surface area contributed by atoms with Gasteiger partial charge in [0.25, 0.3) is 0 Å². The third-order valence-corrected chi connectivity index (χ3v) is 7.86. The van der Waals surface area contributed by atoms with Crippen LogP contribution in [0.4, 0.5) is 0 Å². The molecular weight excluding hydrogens is 316 g/mol. The van der Waals surface area contributed by atoms with Crippen molar-refractivity contribution >= 4 is 5.78 Å². The first-order chi connectivity index (χ1) is 12.4. The number of hydrogen-bond acceptors (Lipinski definition) is 1. The smallest absolute Gasteiger partial charge is 0.129 e. The molecule has 2 fully saturated rings. The standard InChI is InChI=1S/C25H46O/c1-20(2)13-14-21(3)15-16-23(12-9-10-22(4)26)25-18-8-6-5-7-11-24(25)17-19-25/h20-21,23-24H,5-19H2,1-4H3. The zero-order valence-corrected chi connectivity index (χ0v) is 18.3. The lowest BCUT2D eigenvalue weighted by Gasteiger charge is -2.56. The van der Waals surface area contributed by atoms with E-state index in [4.69, 9.17) is 0 Å². The lowest BCUT2D eigenvalue weighted by atomic mass is 9.49. The summed E-state index contributed by atoms with van der Waals surface area (Å²) in [5.41, 5.74) is 0.662. The molecule has 26 heavy (non-hydrogen) atoms. The van der Waals surface area contributed by atoms with E-state index in [0.29, 0.717) is 11.2 Å². The second-order valence-corrected chi connectivity index (χ2v) is 10.4. The van der Waals surface area contributed by atoms with Crippen LogP contribution in [0.15, 0.2) is 0 Å². The van der Waals surface area contributed by atoms with Crippen LogP contribution >= 0.6 is 0 Å². The maximum Gasteiger partial charge on any atom is 0.129 e. The molecule has 2 rings (SSSR count). The molecule has 0 aliphatic heterocycles. The van der Waals surface area contributed by atoms with Gasteiger partial charge in [0.15, 0.2) is 0 Å². The van der Waals surface area contributed by atoms with E-state index < -0.39 is 0 Å². The third kappa shape index (κ3) is 6.38. The second-order valence-electron chi connectivity index (χ2n) is 10.4. The summed E-state index contributed by atoms with van der Waals surface area (Å²) in [7, 11) is 0. The van der Waals surface area contributed by atoms with Crippen molar-refractivity contribution in [3.8, 4) is 0 Å². The molecule has 4 unspecified atom stereocenters. The Morgan fingerprint density at radius 1 is 0.885 bits per heavy atom. The summed E-state index contributed by atoms with van der Waals surface area (Å²) >= 11 is 0. The van der Waals surface area contributed by atoms with Crippen molar-refractivity contribution in [1.82, 2.24) is 0 Å². The predicted molar refractivity (Wildman–Crippen MR) is 113 cm³/mol. The highest BCUT2D eigenvalue weighted by molar-refractivity contribution is 5.75. The van der Waals surface area contributed by atoms with E-state index in [0.717, 1.165) is 36.5 Å². The summed E-state index contributed by atoms with van der Waals surface area (Å²) in [6, 6.07) is 0. The van der Waals surface area contributed by atoms with Crippen LogP contribution in [0.3, 0.4) is 0 Å². The van der Waals surface area contributed by atoms with Gasteiger partial charge >= 0.3 is 0 Å². The van der Waals surface area contributed by atoms with E-state index in [-0.39, 0.29) is 0 Å². The molecule has 0 aromatic carbocycles. The van der Waals surface area contributed by atoms with E-state index >= 15 is 0 Å². The van der Waals surface area contributed by atoms with Crippen molar-refractivity contribution in [2.24, 2.45) is 29.1 Å². The summed E-state index contributed by atoms with van der Waals surface area (Å²) in [5, 5.41) is 0. The van der Waals surface area contributed by atoms with Crippen LogP contribution in [0.5, 0.6) is 0 Å². The molecule has 1 heteroatoms. The molecule has 4 atom stereocenters. The van der Waals surface area contributed by atoms with Crippen molar-refractivity contribution in [3.63, 3.8) is 0 Å². The third-order valence-electron chi connectivity index (χ3n) is 7.86. The zero-order chi connectivity index (χ0) is 19.0. The fourth-order valence-electron chi connectivity index (χ4n) is 5.98. The van der Waals surface area contributed by atoms with Gasteiger partial charge < -0.3 is 4.79 Å². The van der Waals surface area contributed by atoms with Gasteiger partial charge in [-0.15, -0.1) is 0 Å². The van der Waals surface area contributed by atoms with Gasteiger partial charge in [-0.25, -0.2) is 0 Å². The van der Waals surface area contributed by atoms with Crippen LogP contribution < -0.4 is 0 Å². The highest BCUT2D eigenvalue weighted by atomic mass is 16.1. The number of carbonyl (C=O) groups excluding carboxylic acids is 1. The zero-order valence-electron chi connectivity index (χ0n) is 18.3.